The summed E-state index contributed by atoms with van der Waals surface area (Å²) < 4.78 is 0. The molecule has 1 saturated carbocycles. The third kappa shape index (κ3) is 6.30. The number of hydrogen-bond donors (Lipinski definition) is 3. The summed E-state index contributed by atoms with van der Waals surface area (Å²) in [5, 5.41) is 14.7. The first-order chi connectivity index (χ1) is 11.1. The SMILES string of the molecule is CC[C@@H]1C[C@H]1CNC(=O)NC(CCC(=O)O)Cc1ccccc1. The van der Waals surface area contributed by atoms with Crippen LogP contribution in [-0.2, 0) is 11.2 Å². The molecule has 23 heavy (non-hydrogen) atoms. The molecule has 1 aliphatic rings. The van der Waals surface area contributed by atoms with Crippen LogP contribution in [0, 0.1) is 11.8 Å². The predicted molar refractivity (Wildman–Crippen MR) is 89.2 cm³/mol. The van der Waals surface area contributed by atoms with E-state index in [1.165, 1.54) is 12.8 Å². The van der Waals surface area contributed by atoms with Gasteiger partial charge in [-0.05, 0) is 36.7 Å². The average molecular weight is 318 g/mol. The third-order valence-electron chi connectivity index (χ3n) is 4.49. The van der Waals surface area contributed by atoms with Gasteiger partial charge in [-0.3, -0.25) is 4.79 Å². The third-order valence-corrected chi connectivity index (χ3v) is 4.49. The minimum absolute atomic E-state index is 0.0539. The smallest absolute Gasteiger partial charge is 0.315 e. The largest absolute Gasteiger partial charge is 0.481 e. The average Bonchev–Trinajstić information content (AvgIpc) is 3.30. The van der Waals surface area contributed by atoms with E-state index in [-0.39, 0.29) is 18.5 Å². The topological polar surface area (TPSA) is 78.4 Å². The summed E-state index contributed by atoms with van der Waals surface area (Å²) in [6.45, 7) is 2.88. The van der Waals surface area contributed by atoms with Crippen molar-refractivity contribution < 1.29 is 14.7 Å². The molecule has 3 N–H and O–H groups in total. The van der Waals surface area contributed by atoms with Crippen LogP contribution in [0.5, 0.6) is 0 Å². The van der Waals surface area contributed by atoms with Crippen molar-refractivity contribution >= 4 is 12.0 Å². The van der Waals surface area contributed by atoms with Crippen LogP contribution in [-0.4, -0.2) is 29.7 Å². The second-order valence-electron chi connectivity index (χ2n) is 6.34. The maximum absolute atomic E-state index is 12.0. The molecule has 3 atom stereocenters. The fraction of sp³-hybridized carbons (Fsp3) is 0.556. The van der Waals surface area contributed by atoms with E-state index in [4.69, 9.17) is 5.11 Å². The zero-order valence-electron chi connectivity index (χ0n) is 13.6. The Labute approximate surface area is 137 Å². The van der Waals surface area contributed by atoms with E-state index in [2.05, 4.69) is 17.6 Å². The molecule has 1 aromatic rings. The van der Waals surface area contributed by atoms with Gasteiger partial charge in [0.2, 0.25) is 0 Å². The Hall–Kier alpha value is -2.04. The van der Waals surface area contributed by atoms with Gasteiger partial charge in [-0.1, -0.05) is 43.7 Å². The van der Waals surface area contributed by atoms with Gasteiger partial charge in [0.1, 0.15) is 0 Å². The van der Waals surface area contributed by atoms with Crippen LogP contribution in [0.25, 0.3) is 0 Å². The summed E-state index contributed by atoms with van der Waals surface area (Å²) >= 11 is 0. The van der Waals surface area contributed by atoms with Gasteiger partial charge in [-0.2, -0.15) is 0 Å². The molecule has 0 aromatic heterocycles. The fourth-order valence-electron chi connectivity index (χ4n) is 2.94. The number of aliphatic carboxylic acids is 1. The molecule has 1 aromatic carbocycles. The molecule has 0 bridgehead atoms. The van der Waals surface area contributed by atoms with Gasteiger partial charge in [0.25, 0.3) is 0 Å². The predicted octanol–water partition coefficient (Wildman–Crippen LogP) is 2.81. The number of rotatable bonds is 9. The second kappa shape index (κ2) is 8.56. The highest BCUT2D eigenvalue weighted by Crippen LogP contribution is 2.40. The number of carboxylic acids is 1. The van der Waals surface area contributed by atoms with Crippen molar-refractivity contribution in [1.29, 1.82) is 0 Å². The molecule has 0 radical (unpaired) electrons. The maximum atomic E-state index is 12.0. The van der Waals surface area contributed by atoms with Crippen LogP contribution in [0.3, 0.4) is 0 Å². The Bertz CT molecular complexity index is 518. The molecule has 2 amide bonds. The number of hydrogen-bond acceptors (Lipinski definition) is 2. The van der Waals surface area contributed by atoms with Gasteiger partial charge in [-0.25, -0.2) is 4.79 Å². The first-order valence-corrected chi connectivity index (χ1v) is 8.38. The lowest BCUT2D eigenvalue weighted by atomic mass is 10.0. The summed E-state index contributed by atoms with van der Waals surface area (Å²) in [4.78, 5) is 22.9. The highest BCUT2D eigenvalue weighted by Gasteiger charge is 2.35. The molecule has 1 fully saturated rings. The van der Waals surface area contributed by atoms with Crippen molar-refractivity contribution in [2.24, 2.45) is 11.8 Å². The van der Waals surface area contributed by atoms with Crippen LogP contribution >= 0.6 is 0 Å². The van der Waals surface area contributed by atoms with Crippen molar-refractivity contribution in [3.05, 3.63) is 35.9 Å². The Balaban J connectivity index is 1.80. The fourth-order valence-corrected chi connectivity index (χ4v) is 2.94. The van der Waals surface area contributed by atoms with Crippen LogP contribution < -0.4 is 10.6 Å². The molecule has 1 unspecified atom stereocenters. The lowest BCUT2D eigenvalue weighted by Gasteiger charge is -2.18. The Morgan fingerprint density at radius 3 is 2.61 bits per heavy atom. The van der Waals surface area contributed by atoms with Crippen molar-refractivity contribution in [2.45, 2.75) is 45.1 Å². The zero-order chi connectivity index (χ0) is 16.7. The van der Waals surface area contributed by atoms with Gasteiger partial charge in [0.15, 0.2) is 0 Å². The van der Waals surface area contributed by atoms with Crippen molar-refractivity contribution in [1.82, 2.24) is 10.6 Å². The Kier molecular flexibility index (Phi) is 6.44. The molecule has 0 spiro atoms. The van der Waals surface area contributed by atoms with E-state index in [1.54, 1.807) is 0 Å². The molecule has 0 saturated heterocycles. The monoisotopic (exact) mass is 318 g/mol. The maximum Gasteiger partial charge on any atom is 0.315 e. The second-order valence-corrected chi connectivity index (χ2v) is 6.34. The standard InChI is InChI=1S/C18H26N2O3/c1-2-14-11-15(14)12-19-18(23)20-16(8-9-17(21)22)10-13-6-4-3-5-7-13/h3-7,14-16H,2,8-12H2,1H3,(H,21,22)(H2,19,20,23)/t14-,15+,16?/m1/s1. The minimum atomic E-state index is -0.839. The van der Waals surface area contributed by atoms with Gasteiger partial charge >= 0.3 is 12.0 Å². The Morgan fingerprint density at radius 1 is 1.26 bits per heavy atom. The van der Waals surface area contributed by atoms with E-state index < -0.39 is 5.97 Å². The number of carbonyl (C=O) groups is 2. The molecule has 0 heterocycles. The van der Waals surface area contributed by atoms with E-state index in [9.17, 15) is 9.59 Å². The molecule has 5 nitrogen and oxygen atoms in total. The molecular formula is C18H26N2O3. The van der Waals surface area contributed by atoms with Gasteiger partial charge < -0.3 is 15.7 Å². The molecular weight excluding hydrogens is 292 g/mol. The molecule has 126 valence electrons. The number of carboxylic acid groups (broad SMARTS) is 1. The first kappa shape index (κ1) is 17.3. The highest BCUT2D eigenvalue weighted by atomic mass is 16.4. The lowest BCUT2D eigenvalue weighted by molar-refractivity contribution is -0.137. The van der Waals surface area contributed by atoms with Gasteiger partial charge in [0.05, 0.1) is 0 Å². The normalized spacial score (nSPS) is 20.6. The van der Waals surface area contributed by atoms with Crippen molar-refractivity contribution in [3.8, 4) is 0 Å². The van der Waals surface area contributed by atoms with Gasteiger partial charge in [0, 0.05) is 19.0 Å². The summed E-state index contributed by atoms with van der Waals surface area (Å²) in [6, 6.07) is 9.44. The van der Waals surface area contributed by atoms with Crippen LogP contribution in [0.15, 0.2) is 30.3 Å². The number of benzene rings is 1. The van der Waals surface area contributed by atoms with Gasteiger partial charge in [-0.15, -0.1) is 0 Å². The molecule has 5 heteroatoms. The van der Waals surface area contributed by atoms with Crippen molar-refractivity contribution in [3.63, 3.8) is 0 Å². The summed E-state index contributed by atoms with van der Waals surface area (Å²) in [5.74, 6) is 0.522. The van der Waals surface area contributed by atoms with E-state index in [0.29, 0.717) is 25.3 Å². The summed E-state index contributed by atoms with van der Waals surface area (Å²) in [5.41, 5.74) is 1.09. The van der Waals surface area contributed by atoms with Crippen LogP contribution in [0.1, 0.15) is 38.2 Å². The number of urea groups is 1. The van der Waals surface area contributed by atoms with E-state index >= 15 is 0 Å². The number of nitrogens with one attached hydrogen (secondary N) is 2. The first-order valence-electron chi connectivity index (χ1n) is 8.38. The highest BCUT2D eigenvalue weighted by molar-refractivity contribution is 5.74. The molecule has 0 aliphatic heterocycles. The lowest BCUT2D eigenvalue weighted by Crippen LogP contribution is -2.44. The Morgan fingerprint density at radius 2 is 2.00 bits per heavy atom. The quantitative estimate of drug-likeness (QED) is 0.655. The zero-order valence-corrected chi connectivity index (χ0v) is 13.6. The number of carbonyl (C=O) groups excluding carboxylic acids is 1. The van der Waals surface area contributed by atoms with Crippen LogP contribution in [0.2, 0.25) is 0 Å². The summed E-state index contributed by atoms with van der Waals surface area (Å²) in [6.07, 6.45) is 3.49. The molecule has 1 aliphatic carbocycles. The molecule has 2 rings (SSSR count). The number of amides is 2. The summed E-state index contributed by atoms with van der Waals surface area (Å²) in [7, 11) is 0. The van der Waals surface area contributed by atoms with Crippen molar-refractivity contribution in [2.75, 3.05) is 6.54 Å². The van der Waals surface area contributed by atoms with E-state index in [1.807, 2.05) is 30.3 Å². The van der Waals surface area contributed by atoms with E-state index in [0.717, 1.165) is 11.5 Å². The minimum Gasteiger partial charge on any atom is -0.481 e. The van der Waals surface area contributed by atoms with Crippen LogP contribution in [0.4, 0.5) is 4.79 Å².